The number of likely N-dealkylation sites (tertiary alicyclic amines) is 1. The lowest BCUT2D eigenvalue weighted by Gasteiger charge is -2.39. The van der Waals surface area contributed by atoms with Crippen molar-refractivity contribution >= 4 is 23.7 Å². The third-order valence-corrected chi connectivity index (χ3v) is 9.45. The number of allylic oxidation sites excluding steroid dienone is 1. The molecule has 42 heavy (non-hydrogen) atoms. The Morgan fingerprint density at radius 1 is 1.00 bits per heavy atom. The monoisotopic (exact) mass is 577 g/mol. The maximum absolute atomic E-state index is 14.3. The number of amides is 3. The van der Waals surface area contributed by atoms with E-state index >= 15 is 0 Å². The Morgan fingerprint density at radius 2 is 1.79 bits per heavy atom. The van der Waals surface area contributed by atoms with Crippen LogP contribution in [0, 0.1) is 11.8 Å². The number of β-amino-alcohol motifs (C(OH)–C–C–N with tert-alkyl or cyclic N) is 1. The van der Waals surface area contributed by atoms with E-state index in [4.69, 9.17) is 9.47 Å². The van der Waals surface area contributed by atoms with E-state index < -0.39 is 41.5 Å². The second-order valence-corrected chi connectivity index (χ2v) is 11.9. The van der Waals surface area contributed by atoms with Crippen LogP contribution in [0.2, 0.25) is 0 Å². The van der Waals surface area contributed by atoms with Gasteiger partial charge in [0.05, 0.1) is 30.6 Å². The number of nitrogens with zero attached hydrogens (tertiary/aromatic N) is 2. The van der Waals surface area contributed by atoms with Crippen LogP contribution in [0.15, 0.2) is 54.6 Å². The van der Waals surface area contributed by atoms with Crippen LogP contribution in [0.5, 0.6) is 0 Å². The Balaban J connectivity index is 1.39. The third kappa shape index (κ3) is 5.04. The average Bonchev–Trinajstić information content (AvgIpc) is 3.38. The van der Waals surface area contributed by atoms with Crippen molar-refractivity contribution in [2.45, 2.75) is 74.8 Å². The molecule has 1 saturated carbocycles. The van der Waals surface area contributed by atoms with Crippen molar-refractivity contribution in [2.75, 3.05) is 26.3 Å². The topological polar surface area (TPSA) is 125 Å². The van der Waals surface area contributed by atoms with Gasteiger partial charge in [-0.3, -0.25) is 19.2 Å². The average molecular weight is 578 g/mol. The molecule has 6 rings (SSSR count). The molecule has 4 aliphatic heterocycles. The van der Waals surface area contributed by atoms with Gasteiger partial charge in [-0.1, -0.05) is 73.9 Å². The molecule has 3 amide bonds. The highest BCUT2D eigenvalue weighted by Gasteiger charge is 2.71. The molecule has 10 heteroatoms. The summed E-state index contributed by atoms with van der Waals surface area (Å²) in [6.45, 7) is 0.0218. The number of benzene rings is 1. The maximum atomic E-state index is 14.3. The van der Waals surface area contributed by atoms with E-state index in [0.717, 1.165) is 37.7 Å². The highest BCUT2D eigenvalue weighted by Crippen LogP contribution is 2.53. The molecule has 0 radical (unpaired) electrons. The van der Waals surface area contributed by atoms with E-state index in [1.165, 1.54) is 4.90 Å². The standard InChI is InChI=1S/C32H39N3O7/c36-19-18-35-28-31(40)34(22-12-5-2-6-13-22)17-9-16-32(28)27(30(35)39)26-24(42-32)14-7-8-15-25(37)41-20-23(33-29(26)38)21-10-3-1-4-11-21/h1,3-4,7,9-11,14,16,22-24,26-28,36H,2,5-6,8,12-13,15,17-20H2,(H,33,38)/b14-7-/t23-,24+,26-,27-,28+,32-/m0/s1. The Bertz CT molecular complexity index is 1260. The van der Waals surface area contributed by atoms with Gasteiger partial charge < -0.3 is 29.7 Å². The molecule has 5 aliphatic rings. The summed E-state index contributed by atoms with van der Waals surface area (Å²) in [5, 5.41) is 13.0. The number of ether oxygens (including phenoxy) is 2. The Kier molecular flexibility index (Phi) is 8.18. The van der Waals surface area contributed by atoms with Crippen LogP contribution in [0.4, 0.5) is 0 Å². The first kappa shape index (κ1) is 28.6. The molecule has 1 spiro atoms. The van der Waals surface area contributed by atoms with Gasteiger partial charge in [0.15, 0.2) is 0 Å². The van der Waals surface area contributed by atoms with Crippen LogP contribution in [-0.4, -0.2) is 88.7 Å². The minimum atomic E-state index is -1.36. The summed E-state index contributed by atoms with van der Waals surface area (Å²) < 4.78 is 12.2. The smallest absolute Gasteiger partial charge is 0.306 e. The minimum absolute atomic E-state index is 0.0271. The molecule has 4 heterocycles. The summed E-state index contributed by atoms with van der Waals surface area (Å²) >= 11 is 0. The number of cyclic esters (lactones) is 1. The zero-order valence-electron chi connectivity index (χ0n) is 23.7. The van der Waals surface area contributed by atoms with Crippen LogP contribution in [0.1, 0.15) is 56.6 Å². The second kappa shape index (κ2) is 12.0. The molecule has 10 nitrogen and oxygen atoms in total. The van der Waals surface area contributed by atoms with Crippen molar-refractivity contribution in [3.63, 3.8) is 0 Å². The van der Waals surface area contributed by atoms with Gasteiger partial charge in [0.1, 0.15) is 18.2 Å². The number of rotatable bonds is 4. The zero-order chi connectivity index (χ0) is 29.3. The lowest BCUT2D eigenvalue weighted by molar-refractivity contribution is -0.150. The van der Waals surface area contributed by atoms with E-state index in [9.17, 15) is 24.3 Å². The molecular weight excluding hydrogens is 538 g/mol. The predicted molar refractivity (Wildman–Crippen MR) is 152 cm³/mol. The number of carbonyl (C=O) groups excluding carboxylic acids is 4. The summed E-state index contributed by atoms with van der Waals surface area (Å²) in [5.74, 6) is -3.24. The van der Waals surface area contributed by atoms with Crippen molar-refractivity contribution in [3.8, 4) is 0 Å². The van der Waals surface area contributed by atoms with Crippen LogP contribution < -0.4 is 5.32 Å². The van der Waals surface area contributed by atoms with E-state index in [1.54, 1.807) is 12.2 Å². The number of nitrogens with one attached hydrogen (secondary N) is 1. The fraction of sp³-hybridized carbons (Fsp3) is 0.562. The van der Waals surface area contributed by atoms with Crippen LogP contribution in [-0.2, 0) is 28.7 Å². The van der Waals surface area contributed by atoms with Gasteiger partial charge in [-0.25, -0.2) is 0 Å². The second-order valence-electron chi connectivity index (χ2n) is 11.9. The fourth-order valence-corrected chi connectivity index (χ4v) is 7.52. The Labute approximate surface area is 245 Å². The van der Waals surface area contributed by atoms with E-state index in [1.807, 2.05) is 47.4 Å². The molecule has 0 bridgehead atoms. The summed E-state index contributed by atoms with van der Waals surface area (Å²) in [6, 6.07) is 7.72. The Hall–Kier alpha value is -3.50. The van der Waals surface area contributed by atoms with Crippen LogP contribution >= 0.6 is 0 Å². The minimum Gasteiger partial charge on any atom is -0.463 e. The lowest BCUT2D eigenvalue weighted by Crippen LogP contribution is -2.57. The van der Waals surface area contributed by atoms with Crippen LogP contribution in [0.3, 0.4) is 0 Å². The Morgan fingerprint density at radius 3 is 2.55 bits per heavy atom. The molecule has 2 N–H and O–H groups in total. The highest BCUT2D eigenvalue weighted by molar-refractivity contribution is 5.99. The molecule has 2 saturated heterocycles. The molecule has 1 aromatic rings. The first-order valence-electron chi connectivity index (χ1n) is 15.2. The van der Waals surface area contributed by atoms with Crippen molar-refractivity contribution < 1.29 is 33.8 Å². The first-order chi connectivity index (χ1) is 20.4. The number of hydrogen-bond acceptors (Lipinski definition) is 7. The molecule has 0 unspecified atom stereocenters. The molecule has 1 aromatic carbocycles. The summed E-state index contributed by atoms with van der Waals surface area (Å²) in [4.78, 5) is 58.4. The van der Waals surface area contributed by atoms with Gasteiger partial charge in [-0.15, -0.1) is 0 Å². The number of esters is 1. The quantitative estimate of drug-likeness (QED) is 0.415. The van der Waals surface area contributed by atoms with Crippen molar-refractivity contribution in [1.82, 2.24) is 15.1 Å². The third-order valence-electron chi connectivity index (χ3n) is 9.45. The lowest BCUT2D eigenvalue weighted by atomic mass is 9.77. The van der Waals surface area contributed by atoms with Gasteiger partial charge in [-0.2, -0.15) is 0 Å². The van der Waals surface area contributed by atoms with Gasteiger partial charge in [0.25, 0.3) is 0 Å². The van der Waals surface area contributed by atoms with Crippen molar-refractivity contribution in [3.05, 3.63) is 60.2 Å². The number of carbonyl (C=O) groups is 4. The highest BCUT2D eigenvalue weighted by atomic mass is 16.5. The van der Waals surface area contributed by atoms with Gasteiger partial charge in [-0.05, 0) is 24.8 Å². The summed E-state index contributed by atoms with van der Waals surface area (Å²) in [7, 11) is 0. The molecule has 224 valence electrons. The summed E-state index contributed by atoms with van der Waals surface area (Å²) in [5.41, 5.74) is -0.597. The molecule has 0 aromatic heterocycles. The van der Waals surface area contributed by atoms with E-state index in [0.29, 0.717) is 13.0 Å². The van der Waals surface area contributed by atoms with Gasteiger partial charge in [0, 0.05) is 25.6 Å². The van der Waals surface area contributed by atoms with Gasteiger partial charge in [0.2, 0.25) is 17.7 Å². The zero-order valence-corrected chi connectivity index (χ0v) is 23.7. The van der Waals surface area contributed by atoms with E-state index in [-0.39, 0.29) is 50.0 Å². The molecular formula is C32H39N3O7. The number of fused-ring (bicyclic) bond motifs is 2. The number of aliphatic hydroxyl groups excluding tert-OH is 1. The molecule has 3 fully saturated rings. The number of aliphatic hydroxyl groups is 1. The SMILES string of the molecule is O=C1CC/C=C\[C@H]2O[C@]34C=CCN(C5CCCCC5)C(=O)[C@H]3N(CCO)C(=O)[C@@H]4[C@H]2C(=O)N[C@H](c2ccccc2)CO1. The summed E-state index contributed by atoms with van der Waals surface area (Å²) in [6.07, 6.45) is 12.1. The predicted octanol–water partition coefficient (Wildman–Crippen LogP) is 2.04. The normalized spacial score (nSPS) is 34.8. The largest absolute Gasteiger partial charge is 0.463 e. The van der Waals surface area contributed by atoms with Crippen LogP contribution in [0.25, 0.3) is 0 Å². The molecule has 6 atom stereocenters. The van der Waals surface area contributed by atoms with E-state index in [2.05, 4.69) is 5.32 Å². The van der Waals surface area contributed by atoms with Gasteiger partial charge >= 0.3 is 5.97 Å². The fourth-order valence-electron chi connectivity index (χ4n) is 7.52. The number of hydrogen-bond donors (Lipinski definition) is 2. The van der Waals surface area contributed by atoms with Crippen molar-refractivity contribution in [1.29, 1.82) is 0 Å². The molecule has 1 aliphatic carbocycles. The first-order valence-corrected chi connectivity index (χ1v) is 15.2. The van der Waals surface area contributed by atoms with Crippen molar-refractivity contribution in [2.24, 2.45) is 11.8 Å². The maximum Gasteiger partial charge on any atom is 0.306 e.